The molecular formula is C20H28N4O2S. The Balaban J connectivity index is 1.28. The summed E-state index contributed by atoms with van der Waals surface area (Å²) in [5.74, 6) is 4.35. The molecular weight excluding hydrogens is 360 g/mol. The van der Waals surface area contributed by atoms with Crippen molar-refractivity contribution < 1.29 is 9.59 Å². The molecule has 6 nitrogen and oxygen atoms in total. The summed E-state index contributed by atoms with van der Waals surface area (Å²) in [7, 11) is 0. The average molecular weight is 389 g/mol. The molecule has 0 aliphatic heterocycles. The van der Waals surface area contributed by atoms with Gasteiger partial charge in [0.1, 0.15) is 11.6 Å². The molecule has 2 N–H and O–H groups in total. The number of hydrogen-bond acceptors (Lipinski definition) is 5. The van der Waals surface area contributed by atoms with E-state index in [2.05, 4.69) is 10.2 Å². The number of aromatic nitrogens is 3. The summed E-state index contributed by atoms with van der Waals surface area (Å²) in [6, 6.07) is 0. The van der Waals surface area contributed by atoms with Crippen molar-refractivity contribution in [2.24, 2.45) is 28.9 Å². The van der Waals surface area contributed by atoms with E-state index >= 15 is 0 Å². The number of hydrogen-bond donors (Lipinski definition) is 1. The second-order valence-electron chi connectivity index (χ2n) is 9.39. The first-order valence-electron chi connectivity index (χ1n) is 10.4. The molecule has 0 saturated heterocycles. The Morgan fingerprint density at radius 2 is 1.70 bits per heavy atom. The van der Waals surface area contributed by atoms with Gasteiger partial charge in [0.25, 0.3) is 0 Å². The Bertz CT molecular complexity index is 735. The monoisotopic (exact) mass is 388 g/mol. The molecule has 1 aromatic rings. The maximum Gasteiger partial charge on any atom is 0.219 e. The minimum atomic E-state index is -0.314. The van der Waals surface area contributed by atoms with Crippen molar-refractivity contribution >= 4 is 23.5 Å². The number of amides is 1. The Labute approximate surface area is 164 Å². The third kappa shape index (κ3) is 3.32. The van der Waals surface area contributed by atoms with Crippen LogP contribution < -0.4 is 5.73 Å². The first-order valence-corrected chi connectivity index (χ1v) is 11.4. The molecule has 5 aliphatic rings. The van der Waals surface area contributed by atoms with Gasteiger partial charge in [-0.25, -0.2) is 0 Å². The van der Waals surface area contributed by atoms with Gasteiger partial charge in [0.05, 0.1) is 5.75 Å². The number of ketones is 1. The number of nitrogens with two attached hydrogens (primary N) is 1. The molecule has 1 amide bonds. The van der Waals surface area contributed by atoms with Crippen molar-refractivity contribution in [1.82, 2.24) is 14.8 Å². The first-order chi connectivity index (χ1) is 13.0. The number of carbonyl (C=O) groups is 2. The molecule has 7 heteroatoms. The third-order valence-electron chi connectivity index (χ3n) is 7.23. The molecule has 0 atom stereocenters. The van der Waals surface area contributed by atoms with Gasteiger partial charge in [-0.3, -0.25) is 9.59 Å². The lowest BCUT2D eigenvalue weighted by Crippen LogP contribution is -2.50. The summed E-state index contributed by atoms with van der Waals surface area (Å²) in [6.07, 6.45) is 9.94. The van der Waals surface area contributed by atoms with Crippen molar-refractivity contribution in [3.8, 4) is 0 Å². The van der Waals surface area contributed by atoms with Crippen molar-refractivity contribution in [3.05, 3.63) is 5.82 Å². The molecule has 4 bridgehead atoms. The van der Waals surface area contributed by atoms with Crippen LogP contribution in [0.15, 0.2) is 5.16 Å². The second kappa shape index (κ2) is 6.61. The van der Waals surface area contributed by atoms with Crippen LogP contribution in [-0.2, 0) is 16.1 Å². The fraction of sp³-hybridized carbons (Fsp3) is 0.800. The lowest BCUT2D eigenvalue weighted by atomic mass is 9.48. The molecule has 5 fully saturated rings. The van der Waals surface area contributed by atoms with Gasteiger partial charge >= 0.3 is 0 Å². The smallest absolute Gasteiger partial charge is 0.219 e. The van der Waals surface area contributed by atoms with E-state index in [4.69, 9.17) is 5.73 Å². The van der Waals surface area contributed by atoms with Gasteiger partial charge in [-0.15, -0.1) is 10.2 Å². The fourth-order valence-electron chi connectivity index (χ4n) is 6.22. The van der Waals surface area contributed by atoms with Gasteiger partial charge in [-0.1, -0.05) is 11.8 Å². The highest BCUT2D eigenvalue weighted by atomic mass is 32.2. The molecule has 0 radical (unpaired) electrons. The zero-order chi connectivity index (χ0) is 18.6. The highest BCUT2D eigenvalue weighted by molar-refractivity contribution is 7.99. The number of nitrogens with zero attached hydrogens (tertiary/aromatic N) is 3. The number of thioether (sulfide) groups is 1. The third-order valence-corrected chi connectivity index (χ3v) is 8.20. The predicted molar refractivity (Wildman–Crippen MR) is 102 cm³/mol. The molecule has 0 unspecified atom stereocenters. The fourth-order valence-corrected chi connectivity index (χ4v) is 7.22. The van der Waals surface area contributed by atoms with Gasteiger partial charge in [0.2, 0.25) is 5.91 Å². The maximum absolute atomic E-state index is 13.2. The van der Waals surface area contributed by atoms with E-state index in [1.165, 1.54) is 31.0 Å². The van der Waals surface area contributed by atoms with Crippen molar-refractivity contribution in [3.63, 3.8) is 0 Å². The largest absolute Gasteiger partial charge is 0.370 e. The van der Waals surface area contributed by atoms with Crippen LogP contribution in [0.1, 0.15) is 69.5 Å². The topological polar surface area (TPSA) is 90.9 Å². The van der Waals surface area contributed by atoms with E-state index in [0.717, 1.165) is 60.8 Å². The molecule has 0 aromatic carbocycles. The Morgan fingerprint density at radius 1 is 1.07 bits per heavy atom. The first kappa shape index (κ1) is 17.7. The molecule has 1 aromatic heterocycles. The summed E-state index contributed by atoms with van der Waals surface area (Å²) in [4.78, 5) is 24.5. The van der Waals surface area contributed by atoms with Gasteiger partial charge in [-0.05, 0) is 69.1 Å². The van der Waals surface area contributed by atoms with Crippen LogP contribution in [0.2, 0.25) is 0 Å². The average Bonchev–Trinajstić information content (AvgIpc) is 3.37. The maximum atomic E-state index is 13.2. The van der Waals surface area contributed by atoms with Crippen molar-refractivity contribution in [1.29, 1.82) is 0 Å². The van der Waals surface area contributed by atoms with Crippen molar-refractivity contribution in [2.75, 3.05) is 5.75 Å². The summed E-state index contributed by atoms with van der Waals surface area (Å²) >= 11 is 1.51. The van der Waals surface area contributed by atoms with E-state index in [9.17, 15) is 9.59 Å². The second-order valence-corrected chi connectivity index (χ2v) is 10.3. The summed E-state index contributed by atoms with van der Waals surface area (Å²) in [6.45, 7) is 0.516. The summed E-state index contributed by atoms with van der Waals surface area (Å²) in [5.41, 5.74) is 5.28. The SMILES string of the molecule is NC(=O)CCn1c(SCC(=O)C23CC4CC(CC(C4)C2)C3)nnc1C1CC1. The molecule has 0 spiro atoms. The van der Waals surface area contributed by atoms with Crippen LogP contribution in [0.5, 0.6) is 0 Å². The van der Waals surface area contributed by atoms with Crippen LogP contribution in [0.4, 0.5) is 0 Å². The zero-order valence-corrected chi connectivity index (χ0v) is 16.5. The van der Waals surface area contributed by atoms with E-state index in [1.54, 1.807) is 0 Å². The minimum Gasteiger partial charge on any atom is -0.370 e. The molecule has 146 valence electrons. The Kier molecular flexibility index (Phi) is 4.33. The number of rotatable bonds is 8. The highest BCUT2D eigenvalue weighted by Gasteiger charge is 2.54. The highest BCUT2D eigenvalue weighted by Crippen LogP contribution is 2.60. The van der Waals surface area contributed by atoms with Crippen molar-refractivity contribution in [2.45, 2.75) is 75.4 Å². The van der Waals surface area contributed by atoms with Gasteiger partial charge in [-0.2, -0.15) is 0 Å². The normalized spacial score (nSPS) is 34.1. The molecule has 6 rings (SSSR count). The Morgan fingerprint density at radius 3 is 2.26 bits per heavy atom. The Hall–Kier alpha value is -1.37. The van der Waals surface area contributed by atoms with E-state index in [1.807, 2.05) is 4.57 Å². The van der Waals surface area contributed by atoms with E-state index < -0.39 is 0 Å². The molecule has 27 heavy (non-hydrogen) atoms. The zero-order valence-electron chi connectivity index (χ0n) is 15.7. The summed E-state index contributed by atoms with van der Waals surface area (Å²) < 4.78 is 2.03. The number of Topliss-reactive ketones (excluding diaryl/α,β-unsaturated/α-hetero) is 1. The lowest BCUT2D eigenvalue weighted by Gasteiger charge is -2.56. The molecule has 1 heterocycles. The molecule has 5 aliphatic carbocycles. The standard InChI is InChI=1S/C20H28N4O2S/c21-17(26)3-4-24-18(15-1-2-15)22-23-19(24)27-11-16(25)20-8-12-5-13(9-20)7-14(6-12)10-20/h12-15H,1-11H2,(H2,21,26). The van der Waals surface area contributed by atoms with Gasteiger partial charge in [0.15, 0.2) is 5.16 Å². The van der Waals surface area contributed by atoms with Crippen LogP contribution in [0.25, 0.3) is 0 Å². The van der Waals surface area contributed by atoms with E-state index in [0.29, 0.717) is 24.0 Å². The van der Waals surface area contributed by atoms with Crippen LogP contribution in [0.3, 0.4) is 0 Å². The quantitative estimate of drug-likeness (QED) is 0.692. The van der Waals surface area contributed by atoms with Gasteiger partial charge < -0.3 is 10.3 Å². The lowest BCUT2D eigenvalue weighted by molar-refractivity contribution is -0.141. The van der Waals surface area contributed by atoms with Crippen LogP contribution in [-0.4, -0.2) is 32.2 Å². The number of carbonyl (C=O) groups excluding carboxylic acids is 2. The number of primary amides is 1. The van der Waals surface area contributed by atoms with Crippen LogP contribution in [0, 0.1) is 23.2 Å². The van der Waals surface area contributed by atoms with Crippen LogP contribution >= 0.6 is 11.8 Å². The predicted octanol–water partition coefficient (Wildman–Crippen LogP) is 2.91. The van der Waals surface area contributed by atoms with E-state index in [-0.39, 0.29) is 17.7 Å². The summed E-state index contributed by atoms with van der Waals surface area (Å²) in [5, 5.41) is 9.47. The van der Waals surface area contributed by atoms with Gasteiger partial charge in [0, 0.05) is 24.3 Å². The molecule has 5 saturated carbocycles. The minimum absolute atomic E-state index is 0.0564.